The van der Waals surface area contributed by atoms with E-state index in [2.05, 4.69) is 21.8 Å². The summed E-state index contributed by atoms with van der Waals surface area (Å²) >= 11 is 0. The summed E-state index contributed by atoms with van der Waals surface area (Å²) in [4.78, 5) is 21.2. The first-order chi connectivity index (χ1) is 8.72. The molecular weight excluding hydrogens is 230 g/mol. The second-order valence-corrected chi connectivity index (χ2v) is 4.70. The van der Waals surface area contributed by atoms with E-state index in [4.69, 9.17) is 5.11 Å². The van der Waals surface area contributed by atoms with Crippen molar-refractivity contribution in [2.24, 2.45) is 0 Å². The minimum Gasteiger partial charge on any atom is -0.476 e. The molecule has 1 atom stereocenters. The maximum absolute atomic E-state index is 10.7. The molecule has 0 amide bonds. The fourth-order valence-electron chi connectivity index (χ4n) is 2.52. The van der Waals surface area contributed by atoms with Crippen LogP contribution in [0.2, 0.25) is 0 Å². The Balaban J connectivity index is 2.15. The minimum atomic E-state index is -1.03. The number of carboxylic acid groups (broad SMARTS) is 1. The SMILES string of the molecule is CCCC1CCCCN1c1cnc(C(=O)O)cn1. The first-order valence-electron chi connectivity index (χ1n) is 6.54. The number of hydrogen-bond acceptors (Lipinski definition) is 4. The molecule has 0 saturated carbocycles. The van der Waals surface area contributed by atoms with Crippen molar-refractivity contribution in [3.63, 3.8) is 0 Å². The van der Waals surface area contributed by atoms with Gasteiger partial charge in [0.2, 0.25) is 0 Å². The van der Waals surface area contributed by atoms with E-state index in [1.807, 2.05) is 0 Å². The molecule has 2 rings (SSSR count). The van der Waals surface area contributed by atoms with Crippen molar-refractivity contribution in [1.82, 2.24) is 9.97 Å². The van der Waals surface area contributed by atoms with Gasteiger partial charge in [0.05, 0.1) is 12.4 Å². The minimum absolute atomic E-state index is 0.00259. The van der Waals surface area contributed by atoms with Crippen LogP contribution in [0.25, 0.3) is 0 Å². The molecule has 0 aliphatic carbocycles. The lowest BCUT2D eigenvalue weighted by molar-refractivity contribution is 0.0690. The number of nitrogens with zero attached hydrogens (tertiary/aromatic N) is 3. The molecule has 1 aromatic rings. The van der Waals surface area contributed by atoms with Crippen LogP contribution in [0.15, 0.2) is 12.4 Å². The third-order valence-corrected chi connectivity index (χ3v) is 3.40. The zero-order valence-electron chi connectivity index (χ0n) is 10.7. The van der Waals surface area contributed by atoms with E-state index in [-0.39, 0.29) is 5.69 Å². The molecule has 5 nitrogen and oxygen atoms in total. The molecule has 18 heavy (non-hydrogen) atoms. The van der Waals surface area contributed by atoms with Crippen LogP contribution in [-0.4, -0.2) is 33.6 Å². The predicted octanol–water partition coefficient (Wildman–Crippen LogP) is 2.33. The largest absolute Gasteiger partial charge is 0.476 e. The molecule has 98 valence electrons. The topological polar surface area (TPSA) is 66.3 Å². The summed E-state index contributed by atoms with van der Waals surface area (Å²) in [7, 11) is 0. The summed E-state index contributed by atoms with van der Waals surface area (Å²) in [5, 5.41) is 8.81. The number of aromatic carboxylic acids is 1. The highest BCUT2D eigenvalue weighted by Crippen LogP contribution is 2.25. The van der Waals surface area contributed by atoms with Crippen LogP contribution in [0.4, 0.5) is 5.82 Å². The van der Waals surface area contributed by atoms with E-state index in [1.165, 1.54) is 25.5 Å². The molecule has 1 N–H and O–H groups in total. The van der Waals surface area contributed by atoms with Crippen molar-refractivity contribution < 1.29 is 9.90 Å². The summed E-state index contributed by atoms with van der Waals surface area (Å²) in [6.45, 7) is 3.18. The van der Waals surface area contributed by atoms with Crippen molar-refractivity contribution >= 4 is 11.8 Å². The lowest BCUT2D eigenvalue weighted by Gasteiger charge is -2.36. The summed E-state index contributed by atoms with van der Waals surface area (Å²) in [5.74, 6) is -0.226. The Morgan fingerprint density at radius 3 is 2.89 bits per heavy atom. The van der Waals surface area contributed by atoms with Gasteiger partial charge in [0, 0.05) is 12.6 Å². The Morgan fingerprint density at radius 1 is 1.44 bits per heavy atom. The molecule has 1 aliphatic rings. The van der Waals surface area contributed by atoms with Gasteiger partial charge in [-0.2, -0.15) is 0 Å². The normalized spacial score (nSPS) is 19.8. The monoisotopic (exact) mass is 249 g/mol. The van der Waals surface area contributed by atoms with E-state index in [0.717, 1.165) is 25.2 Å². The number of carbonyl (C=O) groups is 1. The van der Waals surface area contributed by atoms with Gasteiger partial charge in [0.1, 0.15) is 5.82 Å². The van der Waals surface area contributed by atoms with E-state index in [9.17, 15) is 4.79 Å². The molecule has 1 unspecified atom stereocenters. The molecule has 0 aromatic carbocycles. The fourth-order valence-corrected chi connectivity index (χ4v) is 2.52. The fraction of sp³-hybridized carbons (Fsp3) is 0.615. The van der Waals surface area contributed by atoms with Crippen molar-refractivity contribution in [1.29, 1.82) is 0 Å². The summed E-state index contributed by atoms with van der Waals surface area (Å²) in [6, 6.07) is 0.522. The van der Waals surface area contributed by atoms with Gasteiger partial charge in [-0.3, -0.25) is 0 Å². The molecular formula is C13H19N3O2. The van der Waals surface area contributed by atoms with Crippen LogP contribution in [0.1, 0.15) is 49.5 Å². The molecule has 0 radical (unpaired) electrons. The van der Waals surface area contributed by atoms with Crippen LogP contribution in [0, 0.1) is 0 Å². The van der Waals surface area contributed by atoms with Gasteiger partial charge >= 0.3 is 5.97 Å². The van der Waals surface area contributed by atoms with Crippen molar-refractivity contribution in [2.45, 2.75) is 45.1 Å². The van der Waals surface area contributed by atoms with Gasteiger partial charge in [-0.1, -0.05) is 13.3 Å². The molecule has 5 heteroatoms. The van der Waals surface area contributed by atoms with Gasteiger partial charge in [0.25, 0.3) is 0 Å². The highest BCUT2D eigenvalue weighted by molar-refractivity contribution is 5.84. The number of aromatic nitrogens is 2. The van der Waals surface area contributed by atoms with Gasteiger partial charge < -0.3 is 10.0 Å². The predicted molar refractivity (Wildman–Crippen MR) is 68.9 cm³/mol. The zero-order valence-corrected chi connectivity index (χ0v) is 10.7. The summed E-state index contributed by atoms with van der Waals surface area (Å²) in [6.07, 6.45) is 8.86. The average molecular weight is 249 g/mol. The number of rotatable bonds is 4. The zero-order chi connectivity index (χ0) is 13.0. The quantitative estimate of drug-likeness (QED) is 0.887. The average Bonchev–Trinajstić information content (AvgIpc) is 2.40. The van der Waals surface area contributed by atoms with Crippen LogP contribution in [-0.2, 0) is 0 Å². The third kappa shape index (κ3) is 2.78. The molecule has 1 fully saturated rings. The highest BCUT2D eigenvalue weighted by atomic mass is 16.4. The summed E-state index contributed by atoms with van der Waals surface area (Å²) < 4.78 is 0. The molecule has 0 bridgehead atoms. The number of carboxylic acids is 1. The number of anilines is 1. The maximum Gasteiger partial charge on any atom is 0.356 e. The lowest BCUT2D eigenvalue weighted by Crippen LogP contribution is -2.40. The smallest absolute Gasteiger partial charge is 0.356 e. The van der Waals surface area contributed by atoms with Crippen LogP contribution in [0.5, 0.6) is 0 Å². The Bertz CT molecular complexity index is 403. The van der Waals surface area contributed by atoms with Crippen LogP contribution >= 0.6 is 0 Å². The lowest BCUT2D eigenvalue weighted by atomic mass is 9.98. The first-order valence-corrected chi connectivity index (χ1v) is 6.54. The Hall–Kier alpha value is -1.65. The van der Waals surface area contributed by atoms with E-state index < -0.39 is 5.97 Å². The molecule has 1 aromatic heterocycles. The van der Waals surface area contributed by atoms with Gasteiger partial charge in [0.15, 0.2) is 5.69 Å². The second kappa shape index (κ2) is 5.80. The van der Waals surface area contributed by atoms with Gasteiger partial charge in [-0.15, -0.1) is 0 Å². The number of hydrogen-bond donors (Lipinski definition) is 1. The second-order valence-electron chi connectivity index (χ2n) is 4.70. The van der Waals surface area contributed by atoms with Crippen molar-refractivity contribution in [3.05, 3.63) is 18.1 Å². The van der Waals surface area contributed by atoms with Crippen molar-refractivity contribution in [2.75, 3.05) is 11.4 Å². The molecule has 1 aliphatic heterocycles. The molecule has 2 heterocycles. The third-order valence-electron chi connectivity index (χ3n) is 3.40. The standard InChI is InChI=1S/C13H19N3O2/c1-2-5-10-6-3-4-7-16(10)12-9-14-11(8-15-12)13(17)18/h8-10H,2-7H2,1H3,(H,17,18). The van der Waals surface area contributed by atoms with Crippen LogP contribution < -0.4 is 4.90 Å². The Labute approximate surface area is 107 Å². The molecule has 1 saturated heterocycles. The van der Waals surface area contributed by atoms with E-state index in [0.29, 0.717) is 6.04 Å². The van der Waals surface area contributed by atoms with E-state index >= 15 is 0 Å². The van der Waals surface area contributed by atoms with Gasteiger partial charge in [-0.25, -0.2) is 14.8 Å². The Kier molecular flexibility index (Phi) is 4.12. The van der Waals surface area contributed by atoms with Crippen molar-refractivity contribution in [3.8, 4) is 0 Å². The Morgan fingerprint density at radius 2 is 2.28 bits per heavy atom. The summed E-state index contributed by atoms with van der Waals surface area (Å²) in [5.41, 5.74) is 0.00259. The molecule has 0 spiro atoms. The first kappa shape index (κ1) is 12.8. The van der Waals surface area contributed by atoms with Crippen LogP contribution in [0.3, 0.4) is 0 Å². The highest BCUT2D eigenvalue weighted by Gasteiger charge is 2.23. The number of piperidine rings is 1. The maximum atomic E-state index is 10.7. The van der Waals surface area contributed by atoms with Gasteiger partial charge in [-0.05, 0) is 25.7 Å². The van der Waals surface area contributed by atoms with E-state index in [1.54, 1.807) is 6.20 Å².